The molecule has 0 aliphatic carbocycles. The lowest BCUT2D eigenvalue weighted by atomic mass is 10.2. The number of rotatable bonds is 3. The predicted octanol–water partition coefficient (Wildman–Crippen LogP) is 0.554. The van der Waals surface area contributed by atoms with Crippen LogP contribution in [0.25, 0.3) is 0 Å². The van der Waals surface area contributed by atoms with Crippen molar-refractivity contribution >= 4 is 15.9 Å². The number of nitrogens with zero attached hydrogens (tertiary/aromatic N) is 1. The highest BCUT2D eigenvalue weighted by atomic mass is 79.9. The van der Waals surface area contributed by atoms with Gasteiger partial charge in [-0.2, -0.15) is 5.10 Å². The van der Waals surface area contributed by atoms with E-state index in [1.54, 1.807) is 6.20 Å². The van der Waals surface area contributed by atoms with E-state index in [9.17, 15) is 0 Å². The molecule has 0 aliphatic rings. The van der Waals surface area contributed by atoms with Crippen LogP contribution in [0.3, 0.4) is 0 Å². The Morgan fingerprint density at radius 2 is 2.55 bits per heavy atom. The van der Waals surface area contributed by atoms with Crippen molar-refractivity contribution in [2.75, 3.05) is 6.61 Å². The summed E-state index contributed by atoms with van der Waals surface area (Å²) in [6.45, 7) is 0.0899. The number of hydrogen-bond donors (Lipinski definition) is 3. The first-order valence-electron chi connectivity index (χ1n) is 3.31. The number of nitrogens with two attached hydrogens (primary N) is 1. The van der Waals surface area contributed by atoms with Crippen LogP contribution in [-0.4, -0.2) is 21.9 Å². The minimum absolute atomic E-state index is 0.0899. The number of aromatic amines is 1. The van der Waals surface area contributed by atoms with Gasteiger partial charge in [-0.15, -0.1) is 0 Å². The molecule has 1 atom stereocenters. The van der Waals surface area contributed by atoms with Crippen LogP contribution in [0.2, 0.25) is 0 Å². The lowest BCUT2D eigenvalue weighted by Crippen LogP contribution is -2.12. The molecule has 1 heterocycles. The van der Waals surface area contributed by atoms with Crippen LogP contribution in [0.1, 0.15) is 18.2 Å². The molecule has 0 aliphatic heterocycles. The Hall–Kier alpha value is -0.390. The van der Waals surface area contributed by atoms with E-state index in [1.807, 2.05) is 0 Å². The summed E-state index contributed by atoms with van der Waals surface area (Å²) >= 11 is 3.28. The van der Waals surface area contributed by atoms with Gasteiger partial charge >= 0.3 is 0 Å². The predicted molar refractivity (Wildman–Crippen MR) is 44.9 cm³/mol. The minimum atomic E-state index is -0.170. The molecule has 62 valence electrons. The van der Waals surface area contributed by atoms with Crippen LogP contribution < -0.4 is 5.73 Å². The number of hydrogen-bond acceptors (Lipinski definition) is 3. The molecule has 1 unspecified atom stereocenters. The Labute approximate surface area is 72.9 Å². The molecule has 0 fully saturated rings. The molecule has 0 spiro atoms. The zero-order chi connectivity index (χ0) is 8.27. The largest absolute Gasteiger partial charge is 0.396 e. The van der Waals surface area contributed by atoms with Crippen molar-refractivity contribution < 1.29 is 5.11 Å². The second-order valence-corrected chi connectivity index (χ2v) is 3.10. The van der Waals surface area contributed by atoms with Gasteiger partial charge in [-0.25, -0.2) is 0 Å². The molecule has 1 aromatic heterocycles. The number of halogens is 1. The molecule has 11 heavy (non-hydrogen) atoms. The fourth-order valence-corrected chi connectivity index (χ4v) is 1.31. The highest BCUT2D eigenvalue weighted by molar-refractivity contribution is 9.10. The summed E-state index contributed by atoms with van der Waals surface area (Å²) in [5.41, 5.74) is 6.52. The van der Waals surface area contributed by atoms with E-state index >= 15 is 0 Å². The van der Waals surface area contributed by atoms with E-state index in [2.05, 4.69) is 26.1 Å². The summed E-state index contributed by atoms with van der Waals surface area (Å²) in [6, 6.07) is -0.170. The first-order chi connectivity index (χ1) is 5.25. The van der Waals surface area contributed by atoms with Crippen LogP contribution in [0.15, 0.2) is 10.7 Å². The number of aliphatic hydroxyl groups is 1. The Kier molecular flexibility index (Phi) is 3.04. The van der Waals surface area contributed by atoms with Crippen molar-refractivity contribution in [1.29, 1.82) is 0 Å². The first-order valence-corrected chi connectivity index (χ1v) is 4.10. The van der Waals surface area contributed by atoms with Crippen LogP contribution in [0, 0.1) is 0 Å². The molecule has 4 nitrogen and oxygen atoms in total. The second kappa shape index (κ2) is 3.85. The summed E-state index contributed by atoms with van der Waals surface area (Å²) in [7, 11) is 0. The van der Waals surface area contributed by atoms with Gasteiger partial charge < -0.3 is 10.8 Å². The highest BCUT2D eigenvalue weighted by Crippen LogP contribution is 2.20. The molecule has 1 rings (SSSR count). The number of aliphatic hydroxyl groups excluding tert-OH is 1. The second-order valence-electron chi connectivity index (χ2n) is 2.25. The van der Waals surface area contributed by atoms with E-state index in [1.165, 1.54) is 0 Å². The van der Waals surface area contributed by atoms with Crippen molar-refractivity contribution in [3.63, 3.8) is 0 Å². The fourth-order valence-electron chi connectivity index (χ4n) is 0.825. The van der Waals surface area contributed by atoms with Gasteiger partial charge in [0.05, 0.1) is 16.4 Å². The lowest BCUT2D eigenvalue weighted by Gasteiger charge is -2.06. The average molecular weight is 220 g/mol. The normalized spacial score (nSPS) is 13.4. The molecular weight excluding hydrogens is 210 g/mol. The minimum Gasteiger partial charge on any atom is -0.396 e. The van der Waals surface area contributed by atoms with Gasteiger partial charge in [0, 0.05) is 12.6 Å². The van der Waals surface area contributed by atoms with Crippen LogP contribution >= 0.6 is 15.9 Å². The Morgan fingerprint density at radius 1 is 1.82 bits per heavy atom. The fraction of sp³-hybridized carbons (Fsp3) is 0.500. The Balaban J connectivity index is 2.67. The van der Waals surface area contributed by atoms with Crippen LogP contribution in [-0.2, 0) is 0 Å². The smallest absolute Gasteiger partial charge is 0.0662 e. The average Bonchev–Trinajstić information content (AvgIpc) is 2.36. The molecule has 0 saturated carbocycles. The number of H-pyrrole nitrogens is 1. The van der Waals surface area contributed by atoms with E-state index in [0.717, 1.165) is 10.2 Å². The zero-order valence-corrected chi connectivity index (χ0v) is 7.50. The third kappa shape index (κ3) is 2.02. The summed E-state index contributed by atoms with van der Waals surface area (Å²) < 4.78 is 0.860. The molecular formula is C6H10BrN3O. The third-order valence-corrected chi connectivity index (χ3v) is 2.06. The van der Waals surface area contributed by atoms with E-state index < -0.39 is 0 Å². The lowest BCUT2D eigenvalue weighted by molar-refractivity contribution is 0.275. The zero-order valence-electron chi connectivity index (χ0n) is 5.92. The molecule has 0 saturated heterocycles. The topological polar surface area (TPSA) is 74.9 Å². The maximum absolute atomic E-state index is 8.60. The molecule has 0 radical (unpaired) electrons. The van der Waals surface area contributed by atoms with Gasteiger partial charge in [-0.1, -0.05) is 0 Å². The Morgan fingerprint density at radius 3 is 3.00 bits per heavy atom. The van der Waals surface area contributed by atoms with Crippen molar-refractivity contribution in [3.8, 4) is 0 Å². The maximum Gasteiger partial charge on any atom is 0.0662 e. The molecule has 4 N–H and O–H groups in total. The van der Waals surface area contributed by atoms with E-state index in [-0.39, 0.29) is 12.6 Å². The summed E-state index contributed by atoms with van der Waals surface area (Å²) in [5, 5.41) is 15.1. The molecule has 0 amide bonds. The van der Waals surface area contributed by atoms with Gasteiger partial charge in [0.25, 0.3) is 0 Å². The van der Waals surface area contributed by atoms with Crippen molar-refractivity contribution in [2.45, 2.75) is 12.5 Å². The van der Waals surface area contributed by atoms with Gasteiger partial charge in [0.1, 0.15) is 0 Å². The summed E-state index contributed by atoms with van der Waals surface area (Å²) in [5.74, 6) is 0. The Bertz CT molecular complexity index is 225. The quantitative estimate of drug-likeness (QED) is 0.696. The molecule has 0 bridgehead atoms. The third-order valence-electron chi connectivity index (χ3n) is 1.43. The van der Waals surface area contributed by atoms with Crippen molar-refractivity contribution in [1.82, 2.24) is 10.2 Å². The van der Waals surface area contributed by atoms with Crippen LogP contribution in [0.5, 0.6) is 0 Å². The van der Waals surface area contributed by atoms with Gasteiger partial charge in [0.15, 0.2) is 0 Å². The monoisotopic (exact) mass is 219 g/mol. The number of nitrogens with one attached hydrogen (secondary N) is 1. The highest BCUT2D eigenvalue weighted by Gasteiger charge is 2.10. The van der Waals surface area contributed by atoms with Crippen molar-refractivity contribution in [3.05, 3.63) is 16.4 Å². The summed E-state index contributed by atoms with van der Waals surface area (Å²) in [4.78, 5) is 0. The van der Waals surface area contributed by atoms with Crippen LogP contribution in [0.4, 0.5) is 0 Å². The first kappa shape index (κ1) is 8.70. The van der Waals surface area contributed by atoms with E-state index in [4.69, 9.17) is 10.8 Å². The SMILES string of the molecule is NC(CCO)c1[nH]ncc1Br. The summed E-state index contributed by atoms with van der Waals surface area (Å²) in [6.07, 6.45) is 2.19. The van der Waals surface area contributed by atoms with Gasteiger partial charge in [-0.3, -0.25) is 5.10 Å². The van der Waals surface area contributed by atoms with Gasteiger partial charge in [0.2, 0.25) is 0 Å². The van der Waals surface area contributed by atoms with Gasteiger partial charge in [-0.05, 0) is 22.4 Å². The molecule has 1 aromatic rings. The molecule has 5 heteroatoms. The van der Waals surface area contributed by atoms with E-state index in [0.29, 0.717) is 6.42 Å². The standard InChI is InChI=1S/C6H10BrN3O/c7-4-3-9-10-6(4)5(8)1-2-11/h3,5,11H,1-2,8H2,(H,9,10). The maximum atomic E-state index is 8.60. The number of aromatic nitrogens is 2. The molecule has 0 aromatic carbocycles. The van der Waals surface area contributed by atoms with Crippen molar-refractivity contribution in [2.24, 2.45) is 5.73 Å².